The molecule has 0 heterocycles. The maximum atomic E-state index is 12.2. The molecule has 1 rings (SSSR count). The maximum absolute atomic E-state index is 12.2. The van der Waals surface area contributed by atoms with Crippen molar-refractivity contribution >= 4 is 33.5 Å². The highest BCUT2D eigenvalue weighted by atomic mass is 79.9. The van der Waals surface area contributed by atoms with Gasteiger partial charge in [0.15, 0.2) is 5.78 Å². The molecule has 0 aliphatic heterocycles. The molecular weight excluding hydrogens is 312 g/mol. The van der Waals surface area contributed by atoms with Crippen LogP contribution in [0.5, 0.6) is 0 Å². The summed E-state index contributed by atoms with van der Waals surface area (Å²) in [6, 6.07) is 6.64. The molecule has 0 aromatic heterocycles. The molecule has 102 valence electrons. The third-order valence-electron chi connectivity index (χ3n) is 2.51. The molecule has 0 aliphatic rings. The topological polar surface area (TPSA) is 60.4 Å². The molecule has 1 aromatic rings. The first kappa shape index (κ1) is 15.6. The van der Waals surface area contributed by atoms with Crippen molar-refractivity contribution in [3.05, 3.63) is 34.3 Å². The van der Waals surface area contributed by atoms with Gasteiger partial charge in [-0.1, -0.05) is 28.1 Å². The van der Waals surface area contributed by atoms with Crippen LogP contribution in [0.2, 0.25) is 0 Å². The molecule has 1 atom stereocenters. The van der Waals surface area contributed by atoms with E-state index < -0.39 is 11.9 Å². The second-order valence-electron chi connectivity index (χ2n) is 4.08. The molecule has 0 spiro atoms. The molecule has 0 aliphatic carbocycles. The number of ether oxygens (including phenoxy) is 1. The van der Waals surface area contributed by atoms with E-state index in [2.05, 4.69) is 15.9 Å². The zero-order valence-electron chi connectivity index (χ0n) is 10.8. The quantitative estimate of drug-likeness (QED) is 0.458. The number of Topliss-reactive ketones (excluding diaryl/α,β-unsaturated/α-hetero) is 2. The van der Waals surface area contributed by atoms with Crippen LogP contribution in [0.4, 0.5) is 0 Å². The van der Waals surface area contributed by atoms with Crippen molar-refractivity contribution in [2.45, 2.75) is 20.3 Å². The van der Waals surface area contributed by atoms with Gasteiger partial charge in [-0.15, -0.1) is 0 Å². The average molecular weight is 327 g/mol. The SMILES string of the molecule is CCOC(=O)C(CC(C)=O)C(=O)c1ccc(Br)cc1. The minimum Gasteiger partial charge on any atom is -0.465 e. The van der Waals surface area contributed by atoms with Crippen LogP contribution in [0.15, 0.2) is 28.7 Å². The number of carbonyl (C=O) groups excluding carboxylic acids is 3. The van der Waals surface area contributed by atoms with Gasteiger partial charge in [-0.2, -0.15) is 0 Å². The summed E-state index contributed by atoms with van der Waals surface area (Å²) in [6.45, 7) is 3.19. The Hall–Kier alpha value is -1.49. The zero-order valence-corrected chi connectivity index (χ0v) is 12.4. The van der Waals surface area contributed by atoms with Gasteiger partial charge in [0, 0.05) is 16.5 Å². The molecule has 0 amide bonds. The molecule has 5 heteroatoms. The van der Waals surface area contributed by atoms with Crippen LogP contribution in [0.1, 0.15) is 30.6 Å². The predicted molar refractivity (Wildman–Crippen MR) is 73.9 cm³/mol. The Morgan fingerprint density at radius 1 is 1.21 bits per heavy atom. The van der Waals surface area contributed by atoms with Gasteiger partial charge in [0.2, 0.25) is 0 Å². The normalized spacial score (nSPS) is 11.7. The monoisotopic (exact) mass is 326 g/mol. The fourth-order valence-electron chi connectivity index (χ4n) is 1.63. The molecule has 4 nitrogen and oxygen atoms in total. The molecule has 19 heavy (non-hydrogen) atoms. The second-order valence-corrected chi connectivity index (χ2v) is 5.00. The first-order valence-electron chi connectivity index (χ1n) is 5.91. The van der Waals surface area contributed by atoms with Gasteiger partial charge in [0.25, 0.3) is 0 Å². The van der Waals surface area contributed by atoms with Gasteiger partial charge in [-0.25, -0.2) is 0 Å². The van der Waals surface area contributed by atoms with Crippen molar-refractivity contribution in [1.29, 1.82) is 0 Å². The van der Waals surface area contributed by atoms with E-state index in [4.69, 9.17) is 4.74 Å². The van der Waals surface area contributed by atoms with Crippen molar-refractivity contribution in [2.24, 2.45) is 5.92 Å². The van der Waals surface area contributed by atoms with E-state index in [-0.39, 0.29) is 24.6 Å². The Labute approximate surface area is 120 Å². The van der Waals surface area contributed by atoms with E-state index in [9.17, 15) is 14.4 Å². The zero-order chi connectivity index (χ0) is 14.4. The van der Waals surface area contributed by atoms with Gasteiger partial charge >= 0.3 is 5.97 Å². The standard InChI is InChI=1S/C14H15BrO4/c1-3-19-14(18)12(8-9(2)16)13(17)10-4-6-11(15)7-5-10/h4-7,12H,3,8H2,1-2H3. The Morgan fingerprint density at radius 2 is 1.79 bits per heavy atom. The highest BCUT2D eigenvalue weighted by Gasteiger charge is 2.30. The largest absolute Gasteiger partial charge is 0.465 e. The first-order chi connectivity index (χ1) is 8.95. The van der Waals surface area contributed by atoms with E-state index in [0.29, 0.717) is 5.56 Å². The van der Waals surface area contributed by atoms with E-state index in [1.54, 1.807) is 31.2 Å². The molecule has 0 saturated heterocycles. The van der Waals surface area contributed by atoms with Crippen LogP contribution >= 0.6 is 15.9 Å². The molecular formula is C14H15BrO4. The lowest BCUT2D eigenvalue weighted by Crippen LogP contribution is -2.28. The summed E-state index contributed by atoms with van der Waals surface area (Å²) in [5.74, 6) is -2.31. The van der Waals surface area contributed by atoms with E-state index in [1.807, 2.05) is 0 Å². The fraction of sp³-hybridized carbons (Fsp3) is 0.357. The Balaban J connectivity index is 2.96. The van der Waals surface area contributed by atoms with Crippen LogP contribution < -0.4 is 0 Å². The van der Waals surface area contributed by atoms with E-state index >= 15 is 0 Å². The third kappa shape index (κ3) is 4.59. The van der Waals surface area contributed by atoms with Gasteiger partial charge in [0.05, 0.1) is 6.61 Å². The molecule has 0 bridgehead atoms. The highest BCUT2D eigenvalue weighted by Crippen LogP contribution is 2.17. The summed E-state index contributed by atoms with van der Waals surface area (Å²) in [4.78, 5) is 35.2. The lowest BCUT2D eigenvalue weighted by atomic mass is 9.93. The number of esters is 1. The van der Waals surface area contributed by atoms with Crippen molar-refractivity contribution < 1.29 is 19.1 Å². The second kappa shape index (κ2) is 7.19. The maximum Gasteiger partial charge on any atom is 0.317 e. The number of hydrogen-bond acceptors (Lipinski definition) is 4. The number of benzene rings is 1. The molecule has 1 aromatic carbocycles. The number of hydrogen-bond donors (Lipinski definition) is 0. The van der Waals surface area contributed by atoms with E-state index in [0.717, 1.165) is 4.47 Å². The van der Waals surface area contributed by atoms with Gasteiger partial charge in [-0.3, -0.25) is 14.4 Å². The van der Waals surface area contributed by atoms with Crippen LogP contribution in [0.3, 0.4) is 0 Å². The summed E-state index contributed by atoms with van der Waals surface area (Å²) in [5.41, 5.74) is 0.391. The van der Waals surface area contributed by atoms with Crippen molar-refractivity contribution in [3.63, 3.8) is 0 Å². The minimum absolute atomic E-state index is 0.131. The first-order valence-corrected chi connectivity index (χ1v) is 6.70. The van der Waals surface area contributed by atoms with Crippen molar-refractivity contribution in [1.82, 2.24) is 0 Å². The van der Waals surface area contributed by atoms with Crippen LogP contribution in [-0.2, 0) is 14.3 Å². The molecule has 0 N–H and O–H groups in total. The van der Waals surface area contributed by atoms with Crippen LogP contribution in [0.25, 0.3) is 0 Å². The molecule has 0 saturated carbocycles. The third-order valence-corrected chi connectivity index (χ3v) is 3.04. The van der Waals surface area contributed by atoms with Gasteiger partial charge in [-0.05, 0) is 26.0 Å². The average Bonchev–Trinajstić information content (AvgIpc) is 2.36. The minimum atomic E-state index is -1.06. The summed E-state index contributed by atoms with van der Waals surface area (Å²) >= 11 is 3.27. The Morgan fingerprint density at radius 3 is 2.26 bits per heavy atom. The van der Waals surface area contributed by atoms with Crippen LogP contribution in [-0.4, -0.2) is 24.1 Å². The van der Waals surface area contributed by atoms with Gasteiger partial charge in [0.1, 0.15) is 11.7 Å². The summed E-state index contributed by atoms with van der Waals surface area (Å²) in [6.07, 6.45) is -0.131. The molecule has 0 fully saturated rings. The Kier molecular flexibility index (Phi) is 5.89. The fourth-order valence-corrected chi connectivity index (χ4v) is 1.89. The van der Waals surface area contributed by atoms with Crippen LogP contribution in [0, 0.1) is 5.92 Å². The van der Waals surface area contributed by atoms with E-state index in [1.165, 1.54) is 6.92 Å². The number of carbonyl (C=O) groups is 3. The Bertz CT molecular complexity index is 479. The lowest BCUT2D eigenvalue weighted by Gasteiger charge is -2.13. The van der Waals surface area contributed by atoms with Gasteiger partial charge < -0.3 is 4.74 Å². The number of halogens is 1. The number of rotatable bonds is 6. The summed E-state index contributed by atoms with van der Waals surface area (Å²) in [5, 5.41) is 0. The molecule has 1 unspecified atom stereocenters. The predicted octanol–water partition coefficient (Wildman–Crippen LogP) is 2.79. The lowest BCUT2D eigenvalue weighted by molar-refractivity contribution is -0.147. The molecule has 0 radical (unpaired) electrons. The summed E-state index contributed by atoms with van der Waals surface area (Å²) < 4.78 is 5.69. The summed E-state index contributed by atoms with van der Waals surface area (Å²) in [7, 11) is 0. The van der Waals surface area contributed by atoms with Crippen molar-refractivity contribution in [2.75, 3.05) is 6.61 Å². The highest BCUT2D eigenvalue weighted by molar-refractivity contribution is 9.10. The smallest absolute Gasteiger partial charge is 0.317 e. The van der Waals surface area contributed by atoms with Crippen molar-refractivity contribution in [3.8, 4) is 0 Å². The number of ketones is 2.